The van der Waals surface area contributed by atoms with Crippen LogP contribution in [0.3, 0.4) is 0 Å². The van der Waals surface area contributed by atoms with Gasteiger partial charge in [-0.05, 0) is 55.5 Å². The molecule has 0 unspecified atom stereocenters. The molecule has 0 aliphatic heterocycles. The van der Waals surface area contributed by atoms with Gasteiger partial charge in [-0.2, -0.15) is 0 Å². The molecule has 1 aliphatic rings. The van der Waals surface area contributed by atoms with Gasteiger partial charge in [0.25, 0.3) is 0 Å². The van der Waals surface area contributed by atoms with Crippen LogP contribution in [0, 0.1) is 5.41 Å². The van der Waals surface area contributed by atoms with Crippen LogP contribution in [-0.2, 0) is 0 Å². The maximum atomic E-state index is 2.36. The van der Waals surface area contributed by atoms with Crippen LogP contribution in [0.5, 0.6) is 0 Å². The van der Waals surface area contributed by atoms with E-state index in [9.17, 15) is 0 Å². The zero-order valence-electron chi connectivity index (χ0n) is 10.7. The molecule has 0 bridgehead atoms. The Labute approximate surface area is 94.2 Å². The molecule has 0 aromatic heterocycles. The van der Waals surface area contributed by atoms with Crippen LogP contribution in [0.1, 0.15) is 33.6 Å². The summed E-state index contributed by atoms with van der Waals surface area (Å²) in [6.45, 7) is 6.64. The second kappa shape index (κ2) is 4.69. The SMILES string of the molecule is C\C=C/C(C)=C(/C=C\N(C)C)C1(C)CC1. The number of allylic oxidation sites excluding steroid dienone is 5. The minimum Gasteiger partial charge on any atom is -0.383 e. The first-order valence-electron chi connectivity index (χ1n) is 5.68. The molecule has 1 nitrogen and oxygen atoms in total. The summed E-state index contributed by atoms with van der Waals surface area (Å²) in [6.07, 6.45) is 11.4. The van der Waals surface area contributed by atoms with Crippen LogP contribution < -0.4 is 0 Å². The van der Waals surface area contributed by atoms with Crippen molar-refractivity contribution < 1.29 is 0 Å². The Morgan fingerprint density at radius 3 is 2.20 bits per heavy atom. The number of hydrogen-bond donors (Lipinski definition) is 0. The Balaban J connectivity index is 2.93. The van der Waals surface area contributed by atoms with Gasteiger partial charge in [0.2, 0.25) is 0 Å². The average Bonchev–Trinajstić information content (AvgIpc) is 2.84. The first-order valence-corrected chi connectivity index (χ1v) is 5.68. The molecule has 1 rings (SSSR count). The fraction of sp³-hybridized carbons (Fsp3) is 0.571. The quantitative estimate of drug-likeness (QED) is 0.632. The normalized spacial score (nSPS) is 20.9. The fourth-order valence-corrected chi connectivity index (χ4v) is 1.83. The largest absolute Gasteiger partial charge is 0.383 e. The Morgan fingerprint density at radius 2 is 1.80 bits per heavy atom. The third-order valence-electron chi connectivity index (χ3n) is 3.03. The summed E-state index contributed by atoms with van der Waals surface area (Å²) < 4.78 is 0. The van der Waals surface area contributed by atoms with Crippen molar-refractivity contribution >= 4 is 0 Å². The molecule has 1 fully saturated rings. The molecule has 0 aromatic carbocycles. The topological polar surface area (TPSA) is 3.24 Å². The lowest BCUT2D eigenvalue weighted by atomic mass is 9.93. The van der Waals surface area contributed by atoms with E-state index in [2.05, 4.69) is 64.2 Å². The van der Waals surface area contributed by atoms with Crippen molar-refractivity contribution in [3.8, 4) is 0 Å². The van der Waals surface area contributed by atoms with Gasteiger partial charge in [-0.15, -0.1) is 0 Å². The van der Waals surface area contributed by atoms with Gasteiger partial charge in [0.05, 0.1) is 0 Å². The van der Waals surface area contributed by atoms with Crippen molar-refractivity contribution in [2.24, 2.45) is 5.41 Å². The van der Waals surface area contributed by atoms with Crippen molar-refractivity contribution in [2.75, 3.05) is 14.1 Å². The Morgan fingerprint density at radius 1 is 1.20 bits per heavy atom. The lowest BCUT2D eigenvalue weighted by Crippen LogP contribution is -2.04. The van der Waals surface area contributed by atoms with E-state index in [1.54, 1.807) is 0 Å². The molecule has 0 N–H and O–H groups in total. The number of nitrogens with zero attached hydrogens (tertiary/aromatic N) is 1. The molecule has 0 heterocycles. The van der Waals surface area contributed by atoms with Crippen molar-refractivity contribution in [3.63, 3.8) is 0 Å². The highest BCUT2D eigenvalue weighted by Gasteiger charge is 2.40. The molecule has 84 valence electrons. The van der Waals surface area contributed by atoms with Crippen LogP contribution in [0.25, 0.3) is 0 Å². The molecule has 1 aliphatic carbocycles. The van der Waals surface area contributed by atoms with Crippen LogP contribution in [0.2, 0.25) is 0 Å². The Hall–Kier alpha value is -0.980. The van der Waals surface area contributed by atoms with Crippen molar-refractivity contribution in [1.82, 2.24) is 4.90 Å². The molecule has 0 amide bonds. The summed E-state index contributed by atoms with van der Waals surface area (Å²) in [5.74, 6) is 0. The minimum atomic E-state index is 0.441. The zero-order chi connectivity index (χ0) is 11.5. The molecule has 0 atom stereocenters. The van der Waals surface area contributed by atoms with Gasteiger partial charge < -0.3 is 4.90 Å². The molecule has 15 heavy (non-hydrogen) atoms. The van der Waals surface area contributed by atoms with Gasteiger partial charge in [0, 0.05) is 14.1 Å². The van der Waals surface area contributed by atoms with Gasteiger partial charge in [0.15, 0.2) is 0 Å². The molecule has 0 spiro atoms. The maximum Gasteiger partial charge on any atom is 0.00556 e. The highest BCUT2D eigenvalue weighted by atomic mass is 15.0. The van der Waals surface area contributed by atoms with Gasteiger partial charge >= 0.3 is 0 Å². The third-order valence-corrected chi connectivity index (χ3v) is 3.03. The molecular formula is C14H23N. The molecule has 1 saturated carbocycles. The van der Waals surface area contributed by atoms with Crippen molar-refractivity contribution in [1.29, 1.82) is 0 Å². The average molecular weight is 205 g/mol. The van der Waals surface area contributed by atoms with E-state index in [4.69, 9.17) is 0 Å². The standard InChI is InChI=1S/C14H23N/c1-6-7-12(2)13(8-11-15(4)5)14(3)9-10-14/h6-8,11H,9-10H2,1-5H3/b7-6-,11-8-,13-12-. The number of rotatable bonds is 4. The monoisotopic (exact) mass is 205 g/mol. The fourth-order valence-electron chi connectivity index (χ4n) is 1.83. The van der Waals surface area contributed by atoms with Gasteiger partial charge in [-0.25, -0.2) is 0 Å². The molecule has 1 heteroatoms. The van der Waals surface area contributed by atoms with Crippen molar-refractivity contribution in [2.45, 2.75) is 33.6 Å². The summed E-state index contributed by atoms with van der Waals surface area (Å²) in [7, 11) is 4.13. The van der Waals surface area contributed by atoms with Crippen LogP contribution >= 0.6 is 0 Å². The molecule has 0 saturated heterocycles. The molecule has 0 aromatic rings. The summed E-state index contributed by atoms with van der Waals surface area (Å²) >= 11 is 0. The Bertz CT molecular complexity index is 301. The lowest BCUT2D eigenvalue weighted by molar-refractivity contribution is 0.560. The highest BCUT2D eigenvalue weighted by Crippen LogP contribution is 2.52. The predicted octanol–water partition coefficient (Wildman–Crippen LogP) is 3.75. The van der Waals surface area contributed by atoms with Gasteiger partial charge in [-0.1, -0.05) is 19.1 Å². The first kappa shape index (κ1) is 12.1. The van der Waals surface area contributed by atoms with Crippen LogP contribution in [-0.4, -0.2) is 19.0 Å². The maximum absolute atomic E-state index is 2.36. The summed E-state index contributed by atoms with van der Waals surface area (Å²) in [5.41, 5.74) is 3.33. The van der Waals surface area contributed by atoms with Crippen LogP contribution in [0.15, 0.2) is 35.6 Å². The summed E-state index contributed by atoms with van der Waals surface area (Å²) in [5, 5.41) is 0. The highest BCUT2D eigenvalue weighted by molar-refractivity contribution is 5.39. The lowest BCUT2D eigenvalue weighted by Gasteiger charge is -2.14. The van der Waals surface area contributed by atoms with E-state index in [0.717, 1.165) is 0 Å². The van der Waals surface area contributed by atoms with Gasteiger partial charge in [-0.3, -0.25) is 0 Å². The van der Waals surface area contributed by atoms with E-state index in [-0.39, 0.29) is 0 Å². The molecular weight excluding hydrogens is 182 g/mol. The van der Waals surface area contributed by atoms with E-state index in [1.807, 2.05) is 0 Å². The van der Waals surface area contributed by atoms with E-state index in [0.29, 0.717) is 5.41 Å². The van der Waals surface area contributed by atoms with E-state index in [1.165, 1.54) is 24.0 Å². The second-order valence-electron chi connectivity index (χ2n) is 4.94. The first-order chi connectivity index (χ1) is 6.99. The second-order valence-corrected chi connectivity index (χ2v) is 4.94. The van der Waals surface area contributed by atoms with Gasteiger partial charge in [0.1, 0.15) is 0 Å². The van der Waals surface area contributed by atoms with E-state index >= 15 is 0 Å². The molecule has 0 radical (unpaired) electrons. The third kappa shape index (κ3) is 3.26. The summed E-state index contributed by atoms with van der Waals surface area (Å²) in [6, 6.07) is 0. The van der Waals surface area contributed by atoms with E-state index < -0.39 is 0 Å². The smallest absolute Gasteiger partial charge is 0.00556 e. The summed E-state index contributed by atoms with van der Waals surface area (Å²) in [4.78, 5) is 2.09. The van der Waals surface area contributed by atoms with Crippen LogP contribution in [0.4, 0.5) is 0 Å². The predicted molar refractivity (Wildman–Crippen MR) is 67.7 cm³/mol. The minimum absolute atomic E-state index is 0.441. The van der Waals surface area contributed by atoms with Crippen molar-refractivity contribution in [3.05, 3.63) is 35.6 Å². The Kier molecular flexibility index (Phi) is 3.78. The number of hydrogen-bond acceptors (Lipinski definition) is 1. The zero-order valence-corrected chi connectivity index (χ0v) is 10.7.